The van der Waals surface area contributed by atoms with Gasteiger partial charge in [-0.1, -0.05) is 67.3 Å². The summed E-state index contributed by atoms with van der Waals surface area (Å²) in [6.07, 6.45) is 3.49. The zero-order chi connectivity index (χ0) is 33.5. The average Bonchev–Trinajstić information content (AvgIpc) is 3.32. The van der Waals surface area contributed by atoms with E-state index < -0.39 is 0 Å². The predicted octanol–water partition coefficient (Wildman–Crippen LogP) is 4.10. The van der Waals surface area contributed by atoms with E-state index in [-0.39, 0.29) is 37.3 Å². The van der Waals surface area contributed by atoms with E-state index in [1.165, 1.54) is 11.8 Å². The van der Waals surface area contributed by atoms with Crippen LogP contribution >= 0.6 is 24.0 Å². The standard InChI is InChI=1S/C27H29N5O2S2.3C2H6O/c1-4-29-12-14-30(15-13-29)24-21(25(33)31-17-18(2)10-11-23(31)28-24)16-22-26(34)32(27(35)36-22)19(3)20-8-6-5-7-9-20;3*1-2-3/h5-11,16-17,19H,4,12-15H2,1-3H3;3*3H,2H2,1H3/b22-16-;;;. The van der Waals surface area contributed by atoms with Crippen LogP contribution in [0.1, 0.15) is 57.4 Å². The Morgan fingerprint density at radius 3 is 2.07 bits per heavy atom. The Bertz CT molecular complexity index is 1470. The summed E-state index contributed by atoms with van der Waals surface area (Å²) < 4.78 is 2.06. The van der Waals surface area contributed by atoms with Crippen molar-refractivity contribution in [1.82, 2.24) is 19.2 Å². The largest absolute Gasteiger partial charge is 0.397 e. The van der Waals surface area contributed by atoms with Gasteiger partial charge in [0.05, 0.1) is 16.5 Å². The van der Waals surface area contributed by atoms with Gasteiger partial charge in [-0.05, 0) is 64.4 Å². The van der Waals surface area contributed by atoms with Gasteiger partial charge in [0, 0.05) is 52.2 Å². The van der Waals surface area contributed by atoms with Crippen molar-refractivity contribution in [3.05, 3.63) is 80.6 Å². The lowest BCUT2D eigenvalue weighted by molar-refractivity contribution is -0.123. The number of carbonyl (C=O) groups excluding carboxylic acids is 1. The van der Waals surface area contributed by atoms with Crippen molar-refractivity contribution >= 4 is 51.7 Å². The van der Waals surface area contributed by atoms with E-state index in [1.807, 2.05) is 56.3 Å². The molecule has 1 atom stereocenters. The summed E-state index contributed by atoms with van der Waals surface area (Å²) in [5.74, 6) is 0.442. The number of hydrogen-bond acceptors (Lipinski definition) is 10. The van der Waals surface area contributed by atoms with E-state index in [0.29, 0.717) is 26.3 Å². The number of carbonyl (C=O) groups is 1. The van der Waals surface area contributed by atoms with Crippen LogP contribution < -0.4 is 10.5 Å². The average molecular weight is 658 g/mol. The first-order valence-electron chi connectivity index (χ1n) is 15.3. The number of aromatic nitrogens is 2. The van der Waals surface area contributed by atoms with Crippen molar-refractivity contribution in [2.75, 3.05) is 57.4 Å². The molecule has 1 unspecified atom stereocenters. The van der Waals surface area contributed by atoms with Gasteiger partial charge in [0.1, 0.15) is 15.8 Å². The van der Waals surface area contributed by atoms with Crippen molar-refractivity contribution in [3.63, 3.8) is 0 Å². The van der Waals surface area contributed by atoms with E-state index >= 15 is 0 Å². The maximum atomic E-state index is 13.8. The Morgan fingerprint density at radius 2 is 1.51 bits per heavy atom. The van der Waals surface area contributed by atoms with Gasteiger partial charge in [-0.25, -0.2) is 4.98 Å². The second kappa shape index (κ2) is 19.4. The number of piperazine rings is 1. The van der Waals surface area contributed by atoms with Crippen LogP contribution in [0.5, 0.6) is 0 Å². The van der Waals surface area contributed by atoms with Crippen molar-refractivity contribution < 1.29 is 20.1 Å². The minimum Gasteiger partial charge on any atom is -0.397 e. The minimum absolute atomic E-state index is 0.182. The van der Waals surface area contributed by atoms with Gasteiger partial charge in [0.2, 0.25) is 0 Å². The zero-order valence-electron chi connectivity index (χ0n) is 27.1. The molecular formula is C33H47N5O5S2. The Morgan fingerprint density at radius 1 is 0.933 bits per heavy atom. The number of aliphatic hydroxyl groups is 3. The fourth-order valence-corrected chi connectivity index (χ4v) is 6.12. The summed E-state index contributed by atoms with van der Waals surface area (Å²) in [5, 5.41) is 22.7. The third-order valence-corrected chi connectivity index (χ3v) is 8.20. The normalized spacial score (nSPS) is 16.4. The van der Waals surface area contributed by atoms with Crippen LogP contribution in [0.3, 0.4) is 0 Å². The SMILES string of the molecule is CCN1CCN(c2nc3ccc(C)cn3c(=O)c2/C=C2\SC(=S)N(C(C)c3ccccc3)C2=O)CC1.CCO.CCO.CCO. The number of aryl methyl sites for hydroxylation is 1. The predicted molar refractivity (Wildman–Crippen MR) is 189 cm³/mol. The number of thioether (sulfide) groups is 1. The summed E-state index contributed by atoms with van der Waals surface area (Å²) in [4.78, 5) is 38.8. The number of fused-ring (bicyclic) bond motifs is 1. The second-order valence-corrected chi connectivity index (χ2v) is 11.8. The van der Waals surface area contributed by atoms with Crippen LogP contribution in [-0.4, -0.2) is 97.3 Å². The van der Waals surface area contributed by atoms with Gasteiger partial charge in [0.15, 0.2) is 0 Å². The molecule has 3 N–H and O–H groups in total. The second-order valence-electron chi connectivity index (χ2n) is 10.1. The number of amides is 1. The van der Waals surface area contributed by atoms with E-state index in [2.05, 4.69) is 16.7 Å². The number of anilines is 1. The first-order valence-corrected chi connectivity index (χ1v) is 16.5. The molecular weight excluding hydrogens is 611 g/mol. The molecule has 1 aromatic carbocycles. The number of aliphatic hydroxyl groups excluding tert-OH is 3. The monoisotopic (exact) mass is 657 g/mol. The first kappa shape index (κ1) is 38.1. The molecule has 2 aromatic heterocycles. The van der Waals surface area contributed by atoms with Crippen LogP contribution in [0.25, 0.3) is 11.7 Å². The van der Waals surface area contributed by atoms with Gasteiger partial charge in [-0.2, -0.15) is 0 Å². The highest BCUT2D eigenvalue weighted by atomic mass is 32.2. The topological polar surface area (TPSA) is 122 Å². The molecule has 2 fully saturated rings. The summed E-state index contributed by atoms with van der Waals surface area (Å²) in [6, 6.07) is 13.4. The van der Waals surface area contributed by atoms with Gasteiger partial charge < -0.3 is 25.1 Å². The molecule has 0 saturated carbocycles. The number of nitrogens with zero attached hydrogens (tertiary/aromatic N) is 5. The summed E-state index contributed by atoms with van der Waals surface area (Å²) in [7, 11) is 0. The molecule has 3 aromatic rings. The molecule has 12 heteroatoms. The van der Waals surface area contributed by atoms with Crippen LogP contribution in [-0.2, 0) is 4.79 Å². The molecule has 2 aliphatic rings. The number of pyridine rings is 1. The molecule has 10 nitrogen and oxygen atoms in total. The van der Waals surface area contributed by atoms with Gasteiger partial charge in [0.25, 0.3) is 11.5 Å². The van der Waals surface area contributed by atoms with E-state index in [9.17, 15) is 9.59 Å². The Kier molecular flexibility index (Phi) is 16.4. The Hall–Kier alpha value is -3.13. The maximum Gasteiger partial charge on any atom is 0.267 e. The Balaban J connectivity index is 0.000000703. The van der Waals surface area contributed by atoms with E-state index in [4.69, 9.17) is 32.5 Å². The summed E-state index contributed by atoms with van der Waals surface area (Å²) in [6.45, 7) is 16.2. The zero-order valence-corrected chi connectivity index (χ0v) is 28.8. The van der Waals surface area contributed by atoms with Crippen LogP contribution in [0, 0.1) is 6.92 Å². The molecule has 0 bridgehead atoms. The lowest BCUT2D eigenvalue weighted by Gasteiger charge is -2.35. The number of rotatable bonds is 5. The first-order chi connectivity index (χ1) is 21.6. The summed E-state index contributed by atoms with van der Waals surface area (Å²) in [5.41, 5.74) is 2.81. The molecule has 0 radical (unpaired) electrons. The van der Waals surface area contributed by atoms with Gasteiger partial charge in [-0.15, -0.1) is 0 Å². The third kappa shape index (κ3) is 10.2. The molecule has 2 aliphatic heterocycles. The Labute approximate surface area is 276 Å². The van der Waals surface area contributed by atoms with Crippen molar-refractivity contribution in [2.24, 2.45) is 0 Å². The molecule has 2 saturated heterocycles. The molecule has 5 rings (SSSR count). The van der Waals surface area contributed by atoms with Crippen LogP contribution in [0.15, 0.2) is 58.4 Å². The smallest absolute Gasteiger partial charge is 0.267 e. The molecule has 45 heavy (non-hydrogen) atoms. The molecule has 1 amide bonds. The molecule has 4 heterocycles. The number of hydrogen-bond donors (Lipinski definition) is 3. The van der Waals surface area contributed by atoms with Crippen LogP contribution in [0.2, 0.25) is 0 Å². The summed E-state index contributed by atoms with van der Waals surface area (Å²) >= 11 is 6.85. The van der Waals surface area contributed by atoms with Gasteiger partial charge in [-0.3, -0.25) is 18.9 Å². The van der Waals surface area contributed by atoms with E-state index in [0.717, 1.165) is 43.9 Å². The molecule has 0 aliphatic carbocycles. The number of thiocarbonyl (C=S) groups is 1. The molecule has 246 valence electrons. The van der Waals surface area contributed by atoms with Crippen molar-refractivity contribution in [2.45, 2.75) is 47.6 Å². The molecule has 0 spiro atoms. The lowest BCUT2D eigenvalue weighted by atomic mass is 10.1. The quantitative estimate of drug-likeness (QED) is 0.273. The van der Waals surface area contributed by atoms with E-state index in [1.54, 1.807) is 42.3 Å². The highest BCUT2D eigenvalue weighted by Gasteiger charge is 2.36. The van der Waals surface area contributed by atoms with Crippen molar-refractivity contribution in [1.29, 1.82) is 0 Å². The lowest BCUT2D eigenvalue weighted by Crippen LogP contribution is -2.47. The van der Waals surface area contributed by atoms with Gasteiger partial charge >= 0.3 is 0 Å². The van der Waals surface area contributed by atoms with Crippen molar-refractivity contribution in [3.8, 4) is 0 Å². The number of likely N-dealkylation sites (N-methyl/N-ethyl adjacent to an activating group) is 1. The van der Waals surface area contributed by atoms with Crippen LogP contribution in [0.4, 0.5) is 5.82 Å². The fourth-order valence-electron chi connectivity index (χ4n) is 4.72. The fraction of sp³-hybridized carbons (Fsp3) is 0.455. The highest BCUT2D eigenvalue weighted by Crippen LogP contribution is 2.38. The maximum absolute atomic E-state index is 13.8. The minimum atomic E-state index is -0.204. The number of benzene rings is 1. The highest BCUT2D eigenvalue weighted by molar-refractivity contribution is 8.26. The third-order valence-electron chi connectivity index (χ3n) is 6.87.